The first kappa shape index (κ1) is 13.0. The van der Waals surface area contributed by atoms with E-state index in [1.54, 1.807) is 7.11 Å². The zero-order valence-corrected chi connectivity index (χ0v) is 11.0. The molecule has 1 atom stereocenters. The lowest BCUT2D eigenvalue weighted by molar-refractivity contribution is 0.326. The second-order valence-corrected chi connectivity index (χ2v) is 4.83. The summed E-state index contributed by atoms with van der Waals surface area (Å²) in [6.45, 7) is 8.49. The molecule has 2 nitrogen and oxygen atoms in total. The molecule has 1 aromatic rings. The van der Waals surface area contributed by atoms with E-state index in [9.17, 15) is 0 Å². The molecule has 0 heterocycles. The van der Waals surface area contributed by atoms with E-state index in [-0.39, 0.29) is 5.54 Å². The van der Waals surface area contributed by atoms with Crippen LogP contribution in [0.2, 0.25) is 0 Å². The van der Waals surface area contributed by atoms with Gasteiger partial charge in [0.1, 0.15) is 5.75 Å². The van der Waals surface area contributed by atoms with Crippen molar-refractivity contribution in [3.8, 4) is 5.75 Å². The van der Waals surface area contributed by atoms with Gasteiger partial charge in [-0.3, -0.25) is 0 Å². The predicted octanol–water partition coefficient (Wildman–Crippen LogP) is 3.09. The molecular formula is C14H23NO. The van der Waals surface area contributed by atoms with Crippen molar-refractivity contribution in [2.24, 2.45) is 11.7 Å². The van der Waals surface area contributed by atoms with Gasteiger partial charge in [-0.15, -0.1) is 0 Å². The molecule has 0 fully saturated rings. The van der Waals surface area contributed by atoms with E-state index in [1.807, 2.05) is 6.07 Å². The Morgan fingerprint density at radius 3 is 2.44 bits per heavy atom. The maximum Gasteiger partial charge on any atom is 0.123 e. The van der Waals surface area contributed by atoms with Crippen LogP contribution in [0.3, 0.4) is 0 Å². The highest BCUT2D eigenvalue weighted by atomic mass is 16.5. The number of methoxy groups -OCH3 is 1. The fourth-order valence-corrected chi connectivity index (χ4v) is 1.71. The molecule has 0 saturated heterocycles. The van der Waals surface area contributed by atoms with Crippen LogP contribution in [-0.4, -0.2) is 7.11 Å². The standard InChI is InChI=1S/C14H23NO/c1-6-11-7-8-13(16-5)12(9-11)14(4,15)10(2)3/h7-10H,6,15H2,1-5H3. The Morgan fingerprint density at radius 2 is 2.00 bits per heavy atom. The maximum atomic E-state index is 6.40. The monoisotopic (exact) mass is 221 g/mol. The summed E-state index contributed by atoms with van der Waals surface area (Å²) < 4.78 is 5.40. The van der Waals surface area contributed by atoms with E-state index >= 15 is 0 Å². The molecular weight excluding hydrogens is 198 g/mol. The number of ether oxygens (including phenoxy) is 1. The summed E-state index contributed by atoms with van der Waals surface area (Å²) in [6, 6.07) is 6.28. The van der Waals surface area contributed by atoms with Gasteiger partial charge in [-0.1, -0.05) is 32.9 Å². The van der Waals surface area contributed by atoms with Crippen molar-refractivity contribution in [2.75, 3.05) is 7.11 Å². The number of hydrogen-bond donors (Lipinski definition) is 1. The molecule has 0 aliphatic carbocycles. The van der Waals surface area contributed by atoms with Crippen LogP contribution in [0.4, 0.5) is 0 Å². The fraction of sp³-hybridized carbons (Fsp3) is 0.571. The van der Waals surface area contributed by atoms with E-state index in [1.165, 1.54) is 5.56 Å². The fourth-order valence-electron chi connectivity index (χ4n) is 1.71. The molecule has 16 heavy (non-hydrogen) atoms. The summed E-state index contributed by atoms with van der Waals surface area (Å²) in [6.07, 6.45) is 1.02. The predicted molar refractivity (Wildman–Crippen MR) is 68.7 cm³/mol. The Morgan fingerprint density at radius 1 is 1.38 bits per heavy atom. The second kappa shape index (κ2) is 4.88. The van der Waals surface area contributed by atoms with E-state index in [4.69, 9.17) is 10.5 Å². The van der Waals surface area contributed by atoms with Gasteiger partial charge in [0.05, 0.1) is 7.11 Å². The first-order valence-electron chi connectivity index (χ1n) is 5.89. The number of aryl methyl sites for hydroxylation is 1. The molecule has 1 aromatic carbocycles. The minimum Gasteiger partial charge on any atom is -0.496 e. The Kier molecular flexibility index (Phi) is 3.98. The molecule has 0 saturated carbocycles. The zero-order chi connectivity index (χ0) is 12.3. The van der Waals surface area contributed by atoms with Crippen LogP contribution in [0.15, 0.2) is 18.2 Å². The first-order valence-corrected chi connectivity index (χ1v) is 5.89. The van der Waals surface area contributed by atoms with E-state index in [2.05, 4.69) is 39.8 Å². The van der Waals surface area contributed by atoms with Gasteiger partial charge in [0.15, 0.2) is 0 Å². The van der Waals surface area contributed by atoms with Crippen molar-refractivity contribution in [3.63, 3.8) is 0 Å². The average Bonchev–Trinajstić information content (AvgIpc) is 2.27. The highest BCUT2D eigenvalue weighted by molar-refractivity contribution is 5.42. The molecule has 0 aliphatic rings. The van der Waals surface area contributed by atoms with Gasteiger partial charge in [0.25, 0.3) is 0 Å². The van der Waals surface area contributed by atoms with Gasteiger partial charge >= 0.3 is 0 Å². The van der Waals surface area contributed by atoms with Crippen LogP contribution < -0.4 is 10.5 Å². The smallest absolute Gasteiger partial charge is 0.123 e. The number of hydrogen-bond acceptors (Lipinski definition) is 2. The van der Waals surface area contributed by atoms with Crippen molar-refractivity contribution in [2.45, 2.75) is 39.7 Å². The van der Waals surface area contributed by atoms with E-state index in [0.29, 0.717) is 5.92 Å². The summed E-state index contributed by atoms with van der Waals surface area (Å²) in [5.74, 6) is 1.25. The number of rotatable bonds is 4. The van der Waals surface area contributed by atoms with Crippen molar-refractivity contribution in [3.05, 3.63) is 29.3 Å². The molecule has 0 aromatic heterocycles. The lowest BCUT2D eigenvalue weighted by Gasteiger charge is -2.31. The third kappa shape index (κ3) is 2.38. The molecule has 0 aliphatic heterocycles. The highest BCUT2D eigenvalue weighted by Crippen LogP contribution is 2.34. The van der Waals surface area contributed by atoms with E-state index in [0.717, 1.165) is 17.7 Å². The van der Waals surface area contributed by atoms with Crippen molar-refractivity contribution >= 4 is 0 Å². The third-order valence-corrected chi connectivity index (χ3v) is 3.45. The Labute approximate surface area is 98.8 Å². The van der Waals surface area contributed by atoms with Crippen LogP contribution in [0.5, 0.6) is 5.75 Å². The van der Waals surface area contributed by atoms with Crippen LogP contribution in [0.25, 0.3) is 0 Å². The van der Waals surface area contributed by atoms with Crippen molar-refractivity contribution in [1.82, 2.24) is 0 Å². The quantitative estimate of drug-likeness (QED) is 0.848. The summed E-state index contributed by atoms with van der Waals surface area (Å²) in [5.41, 5.74) is 8.45. The summed E-state index contributed by atoms with van der Waals surface area (Å²) >= 11 is 0. The molecule has 1 unspecified atom stereocenters. The zero-order valence-electron chi connectivity index (χ0n) is 11.0. The first-order chi connectivity index (χ1) is 7.43. The summed E-state index contributed by atoms with van der Waals surface area (Å²) in [4.78, 5) is 0. The molecule has 0 radical (unpaired) electrons. The number of nitrogens with two attached hydrogens (primary N) is 1. The highest BCUT2D eigenvalue weighted by Gasteiger charge is 2.28. The maximum absolute atomic E-state index is 6.40. The van der Waals surface area contributed by atoms with E-state index < -0.39 is 0 Å². The molecule has 1 rings (SSSR count). The van der Waals surface area contributed by atoms with Gasteiger partial charge in [0, 0.05) is 11.1 Å². The Bertz CT molecular complexity index is 356. The van der Waals surface area contributed by atoms with Crippen LogP contribution >= 0.6 is 0 Å². The summed E-state index contributed by atoms with van der Waals surface area (Å²) in [7, 11) is 1.70. The van der Waals surface area contributed by atoms with Gasteiger partial charge in [-0.05, 0) is 30.9 Å². The van der Waals surface area contributed by atoms with Crippen molar-refractivity contribution in [1.29, 1.82) is 0 Å². The van der Waals surface area contributed by atoms with Gasteiger partial charge in [0.2, 0.25) is 0 Å². The molecule has 0 amide bonds. The summed E-state index contributed by atoms with van der Waals surface area (Å²) in [5, 5.41) is 0. The van der Waals surface area contributed by atoms with Crippen molar-refractivity contribution < 1.29 is 4.74 Å². The van der Waals surface area contributed by atoms with Crippen LogP contribution in [0, 0.1) is 5.92 Å². The molecule has 0 spiro atoms. The van der Waals surface area contributed by atoms with Gasteiger partial charge < -0.3 is 10.5 Å². The normalized spacial score (nSPS) is 14.9. The topological polar surface area (TPSA) is 35.2 Å². The molecule has 90 valence electrons. The van der Waals surface area contributed by atoms with Gasteiger partial charge in [-0.25, -0.2) is 0 Å². The third-order valence-electron chi connectivity index (χ3n) is 3.45. The van der Waals surface area contributed by atoms with Gasteiger partial charge in [-0.2, -0.15) is 0 Å². The number of benzene rings is 1. The molecule has 0 bridgehead atoms. The Hall–Kier alpha value is -1.02. The second-order valence-electron chi connectivity index (χ2n) is 4.83. The molecule has 2 N–H and O–H groups in total. The minimum absolute atomic E-state index is 0.351. The lowest BCUT2D eigenvalue weighted by atomic mass is 9.81. The lowest BCUT2D eigenvalue weighted by Crippen LogP contribution is -2.39. The average molecular weight is 221 g/mol. The van der Waals surface area contributed by atoms with Crippen LogP contribution in [-0.2, 0) is 12.0 Å². The largest absolute Gasteiger partial charge is 0.496 e. The Balaban J connectivity index is 3.28. The molecule has 2 heteroatoms. The SMILES string of the molecule is CCc1ccc(OC)c(C(C)(N)C(C)C)c1. The minimum atomic E-state index is -0.351. The van der Waals surface area contributed by atoms with Crippen LogP contribution in [0.1, 0.15) is 38.8 Å².